The molecule has 1 heterocycles. The number of aryl methyl sites for hydroxylation is 1. The van der Waals surface area contributed by atoms with Crippen LogP contribution in [0.25, 0.3) is 0 Å². The second kappa shape index (κ2) is 8.11. The summed E-state index contributed by atoms with van der Waals surface area (Å²) in [6, 6.07) is 9.95. The molecule has 1 N–H and O–H groups in total. The van der Waals surface area contributed by atoms with Gasteiger partial charge in [0.05, 0.1) is 11.9 Å². The zero-order valence-electron chi connectivity index (χ0n) is 14.6. The number of anilines is 1. The van der Waals surface area contributed by atoms with Crippen molar-refractivity contribution in [3.05, 3.63) is 59.9 Å². The molecule has 0 bridgehead atoms. The number of nitrogens with zero attached hydrogens (tertiary/aromatic N) is 2. The number of aromatic nitrogens is 1. The maximum atomic E-state index is 12.7. The summed E-state index contributed by atoms with van der Waals surface area (Å²) in [5.41, 5.74) is 2.27. The van der Waals surface area contributed by atoms with Gasteiger partial charge in [-0.05, 0) is 42.7 Å². The largest absolute Gasteiger partial charge is 0.350 e. The SMILES string of the molecule is CC[C@@H](C(=O)NCc1cccnc1)N(c1cccc(C)c1)S(C)(=O)=O. The van der Waals surface area contributed by atoms with E-state index in [0.717, 1.165) is 17.4 Å². The van der Waals surface area contributed by atoms with E-state index in [9.17, 15) is 13.2 Å². The van der Waals surface area contributed by atoms with Crippen molar-refractivity contribution >= 4 is 21.6 Å². The highest BCUT2D eigenvalue weighted by Crippen LogP contribution is 2.23. The predicted molar refractivity (Wildman–Crippen MR) is 98.7 cm³/mol. The number of rotatable bonds is 7. The molecule has 0 unspecified atom stereocenters. The van der Waals surface area contributed by atoms with E-state index in [2.05, 4.69) is 10.3 Å². The van der Waals surface area contributed by atoms with Gasteiger partial charge in [0.25, 0.3) is 0 Å². The van der Waals surface area contributed by atoms with Gasteiger partial charge in [0, 0.05) is 18.9 Å². The summed E-state index contributed by atoms with van der Waals surface area (Å²) in [5.74, 6) is -0.335. The highest BCUT2D eigenvalue weighted by molar-refractivity contribution is 7.92. The van der Waals surface area contributed by atoms with Crippen LogP contribution < -0.4 is 9.62 Å². The Hall–Kier alpha value is -2.41. The van der Waals surface area contributed by atoms with E-state index in [1.54, 1.807) is 43.6 Å². The molecular weight excluding hydrogens is 338 g/mol. The third-order valence-corrected chi connectivity index (χ3v) is 4.96. The molecule has 1 atom stereocenters. The molecule has 6 nitrogen and oxygen atoms in total. The number of sulfonamides is 1. The quantitative estimate of drug-likeness (QED) is 0.820. The normalized spacial score (nSPS) is 12.4. The number of carbonyl (C=O) groups is 1. The summed E-state index contributed by atoms with van der Waals surface area (Å²) in [6.07, 6.45) is 4.80. The third-order valence-electron chi connectivity index (χ3n) is 3.78. The number of benzene rings is 1. The minimum Gasteiger partial charge on any atom is -0.350 e. The standard InChI is InChI=1S/C18H23N3O3S/c1-4-17(18(22)20-13-15-8-6-10-19-12-15)21(25(3,23)24)16-9-5-7-14(2)11-16/h5-12,17H,4,13H2,1-3H3,(H,20,22)/t17-/m0/s1. The van der Waals surface area contributed by atoms with Crippen molar-refractivity contribution in [1.29, 1.82) is 0 Å². The van der Waals surface area contributed by atoms with Crippen LogP contribution in [0, 0.1) is 6.92 Å². The molecule has 25 heavy (non-hydrogen) atoms. The first-order valence-electron chi connectivity index (χ1n) is 8.05. The molecule has 0 fully saturated rings. The van der Waals surface area contributed by atoms with E-state index in [1.807, 2.05) is 19.1 Å². The van der Waals surface area contributed by atoms with Crippen molar-refractivity contribution < 1.29 is 13.2 Å². The molecule has 1 amide bonds. The number of hydrogen-bond acceptors (Lipinski definition) is 4. The Morgan fingerprint density at radius 2 is 2.04 bits per heavy atom. The molecule has 0 aliphatic heterocycles. The number of pyridine rings is 1. The van der Waals surface area contributed by atoms with Crippen LogP contribution in [-0.2, 0) is 21.4 Å². The average molecular weight is 361 g/mol. The minimum atomic E-state index is -3.61. The lowest BCUT2D eigenvalue weighted by atomic mass is 10.1. The van der Waals surface area contributed by atoms with Gasteiger partial charge in [0.1, 0.15) is 6.04 Å². The predicted octanol–water partition coefficient (Wildman–Crippen LogP) is 2.25. The zero-order valence-corrected chi connectivity index (χ0v) is 15.5. The van der Waals surface area contributed by atoms with E-state index in [0.29, 0.717) is 18.7 Å². The highest BCUT2D eigenvalue weighted by atomic mass is 32.2. The lowest BCUT2D eigenvalue weighted by molar-refractivity contribution is -0.122. The van der Waals surface area contributed by atoms with Crippen LogP contribution in [0.5, 0.6) is 0 Å². The van der Waals surface area contributed by atoms with Gasteiger partial charge in [0.15, 0.2) is 0 Å². The van der Waals surface area contributed by atoms with E-state index in [4.69, 9.17) is 0 Å². The fourth-order valence-corrected chi connectivity index (χ4v) is 3.84. The first-order valence-corrected chi connectivity index (χ1v) is 9.90. The van der Waals surface area contributed by atoms with Gasteiger partial charge in [-0.2, -0.15) is 0 Å². The molecule has 1 aromatic carbocycles. The lowest BCUT2D eigenvalue weighted by Gasteiger charge is -2.30. The van der Waals surface area contributed by atoms with Crippen LogP contribution in [0.1, 0.15) is 24.5 Å². The van der Waals surface area contributed by atoms with Crippen LogP contribution in [0.4, 0.5) is 5.69 Å². The Labute approximate surface area is 148 Å². The van der Waals surface area contributed by atoms with E-state index >= 15 is 0 Å². The summed E-state index contributed by atoms with van der Waals surface area (Å²) in [4.78, 5) is 16.7. The summed E-state index contributed by atoms with van der Waals surface area (Å²) in [5, 5.41) is 2.80. The van der Waals surface area contributed by atoms with Crippen LogP contribution in [-0.4, -0.2) is 31.6 Å². The average Bonchev–Trinajstić information content (AvgIpc) is 2.57. The van der Waals surface area contributed by atoms with E-state index in [1.165, 1.54) is 4.31 Å². The Morgan fingerprint density at radius 3 is 2.60 bits per heavy atom. The monoisotopic (exact) mass is 361 g/mol. The third kappa shape index (κ3) is 5.03. The molecule has 0 saturated carbocycles. The number of carbonyl (C=O) groups excluding carboxylic acids is 1. The van der Waals surface area contributed by atoms with Crippen molar-refractivity contribution in [2.24, 2.45) is 0 Å². The maximum absolute atomic E-state index is 12.7. The first-order chi connectivity index (χ1) is 11.8. The second-order valence-corrected chi connectivity index (χ2v) is 7.76. The molecule has 134 valence electrons. The second-order valence-electron chi connectivity index (χ2n) is 5.90. The molecule has 2 rings (SSSR count). The smallest absolute Gasteiger partial charge is 0.244 e. The summed E-state index contributed by atoms with van der Waals surface area (Å²) in [6.45, 7) is 3.98. The van der Waals surface area contributed by atoms with Crippen LogP contribution in [0.15, 0.2) is 48.8 Å². The Bertz CT molecular complexity index is 822. The molecule has 0 aliphatic carbocycles. The summed E-state index contributed by atoms with van der Waals surface area (Å²) >= 11 is 0. The van der Waals surface area contributed by atoms with Gasteiger partial charge >= 0.3 is 0 Å². The van der Waals surface area contributed by atoms with Crippen molar-refractivity contribution in [2.45, 2.75) is 32.9 Å². The van der Waals surface area contributed by atoms with Gasteiger partial charge in [-0.15, -0.1) is 0 Å². The van der Waals surface area contributed by atoms with Crippen molar-refractivity contribution in [3.8, 4) is 0 Å². The van der Waals surface area contributed by atoms with Gasteiger partial charge in [-0.1, -0.05) is 25.1 Å². The first kappa shape index (κ1) is 18.9. The van der Waals surface area contributed by atoms with E-state index in [-0.39, 0.29) is 5.91 Å². The topological polar surface area (TPSA) is 79.4 Å². The van der Waals surface area contributed by atoms with Crippen molar-refractivity contribution in [2.75, 3.05) is 10.6 Å². The fraction of sp³-hybridized carbons (Fsp3) is 0.333. The lowest BCUT2D eigenvalue weighted by Crippen LogP contribution is -2.49. The number of amides is 1. The molecule has 0 aliphatic rings. The van der Waals surface area contributed by atoms with Crippen LogP contribution in [0.2, 0.25) is 0 Å². The maximum Gasteiger partial charge on any atom is 0.244 e. The van der Waals surface area contributed by atoms with Gasteiger partial charge < -0.3 is 5.32 Å². The molecule has 7 heteroatoms. The Balaban J connectivity index is 2.25. The van der Waals surface area contributed by atoms with Gasteiger partial charge in [-0.25, -0.2) is 8.42 Å². The van der Waals surface area contributed by atoms with Gasteiger partial charge in [-0.3, -0.25) is 14.1 Å². The molecule has 0 radical (unpaired) electrons. The Kier molecular flexibility index (Phi) is 6.14. The summed E-state index contributed by atoms with van der Waals surface area (Å²) < 4.78 is 25.9. The number of nitrogens with one attached hydrogen (secondary N) is 1. The zero-order chi connectivity index (χ0) is 18.4. The fourth-order valence-electron chi connectivity index (χ4n) is 2.64. The van der Waals surface area contributed by atoms with Crippen molar-refractivity contribution in [1.82, 2.24) is 10.3 Å². The molecule has 2 aromatic rings. The minimum absolute atomic E-state index is 0.300. The Morgan fingerprint density at radius 1 is 1.28 bits per heavy atom. The molecular formula is C18H23N3O3S. The molecule has 1 aromatic heterocycles. The van der Waals surface area contributed by atoms with Gasteiger partial charge in [0.2, 0.25) is 15.9 Å². The molecule has 0 spiro atoms. The van der Waals surface area contributed by atoms with Crippen LogP contribution >= 0.6 is 0 Å². The van der Waals surface area contributed by atoms with Crippen LogP contribution in [0.3, 0.4) is 0 Å². The summed E-state index contributed by atoms with van der Waals surface area (Å²) in [7, 11) is -3.61. The van der Waals surface area contributed by atoms with Crippen molar-refractivity contribution in [3.63, 3.8) is 0 Å². The van der Waals surface area contributed by atoms with E-state index < -0.39 is 16.1 Å². The highest BCUT2D eigenvalue weighted by Gasteiger charge is 2.31. The molecule has 0 saturated heterocycles. The number of hydrogen-bond donors (Lipinski definition) is 1.